The van der Waals surface area contributed by atoms with Crippen LogP contribution in [0.25, 0.3) is 21.8 Å². The fraction of sp³-hybridized carbons (Fsp3) is 0.143. The predicted molar refractivity (Wildman–Crippen MR) is 140 cm³/mol. The number of hydrogen-bond donors (Lipinski definition) is 1. The molecule has 0 saturated carbocycles. The minimum absolute atomic E-state index is 0.555. The van der Waals surface area contributed by atoms with Gasteiger partial charge in [-0.3, -0.25) is 19.1 Å². The second kappa shape index (κ2) is 10.7. The molecular weight excluding hydrogens is 456 g/mol. The smallest absolute Gasteiger partial charge is 0.0705 e. The lowest BCUT2D eigenvalue weighted by atomic mass is 10.1. The fourth-order valence-electron chi connectivity index (χ4n) is 4.19. The van der Waals surface area contributed by atoms with Crippen molar-refractivity contribution in [2.45, 2.75) is 19.5 Å². The Bertz CT molecular complexity index is 1390. The lowest BCUT2D eigenvalue weighted by Crippen LogP contribution is -2.26. The third-order valence-corrected chi connectivity index (χ3v) is 6.36. The molecule has 7 heteroatoms. The Morgan fingerprint density at radius 3 is 1.80 bits per heavy atom. The van der Waals surface area contributed by atoms with Crippen LogP contribution in [0.2, 0.25) is 0 Å². The minimum atomic E-state index is -2.32. The van der Waals surface area contributed by atoms with Gasteiger partial charge in [0.25, 0.3) is 0 Å². The lowest BCUT2D eigenvalue weighted by Gasteiger charge is -2.22. The maximum absolute atomic E-state index is 10.8. The highest BCUT2D eigenvalue weighted by atomic mass is 32.2. The van der Waals surface area contributed by atoms with Gasteiger partial charge in [0.2, 0.25) is 0 Å². The molecule has 1 N–H and O–H groups in total. The van der Waals surface area contributed by atoms with Crippen LogP contribution in [0.5, 0.6) is 0 Å². The summed E-state index contributed by atoms with van der Waals surface area (Å²) in [7, 11) is 0. The Hall–Kier alpha value is -3.65. The van der Waals surface area contributed by atoms with Gasteiger partial charge in [-0.15, -0.1) is 0 Å². The molecule has 0 fully saturated rings. The zero-order valence-corrected chi connectivity index (χ0v) is 19.9. The highest BCUT2D eigenvalue weighted by molar-refractivity contribution is 7.80. The second-order valence-corrected chi connectivity index (χ2v) is 9.16. The number of benzene rings is 3. The first-order chi connectivity index (χ1) is 17.1. The molecule has 1 atom stereocenters. The Morgan fingerprint density at radius 1 is 0.714 bits per heavy atom. The fourth-order valence-corrected chi connectivity index (χ4v) is 4.52. The van der Waals surface area contributed by atoms with E-state index in [9.17, 15) is 8.76 Å². The lowest BCUT2D eigenvalue weighted by molar-refractivity contribution is 0.254. The van der Waals surface area contributed by atoms with Gasteiger partial charge in [0.15, 0.2) is 0 Å². The van der Waals surface area contributed by atoms with Crippen LogP contribution in [0, 0.1) is 0 Å². The second-order valence-electron chi connectivity index (χ2n) is 8.48. The predicted octanol–water partition coefficient (Wildman–Crippen LogP) is 5.23. The third kappa shape index (κ3) is 6.08. The standard InChI is InChI=1S/C28H26N4O2S/c33-35(34)31-24-13-9-21(10-14-24)17-18-32(19-25-15-11-22-5-1-3-7-27(22)29-25)20-26-16-12-23-6-2-4-8-28(23)30-26/h1-16,31H,17-20H2,(H,33,34)/p-1. The SMILES string of the molecule is O=S([O-])Nc1ccc(CCN(Cc2ccc3ccccc3n2)Cc2ccc3ccccc3n2)cc1. The molecule has 176 valence electrons. The summed E-state index contributed by atoms with van der Waals surface area (Å²) in [5, 5.41) is 2.26. The Morgan fingerprint density at radius 2 is 1.26 bits per heavy atom. The molecule has 35 heavy (non-hydrogen) atoms. The van der Waals surface area contributed by atoms with Crippen molar-refractivity contribution >= 4 is 38.8 Å². The number of para-hydroxylation sites is 2. The first-order valence-corrected chi connectivity index (χ1v) is 12.6. The van der Waals surface area contributed by atoms with E-state index in [0.29, 0.717) is 18.8 Å². The molecule has 5 rings (SSSR count). The summed E-state index contributed by atoms with van der Waals surface area (Å²) in [6.07, 6.45) is 0.821. The van der Waals surface area contributed by atoms with Gasteiger partial charge in [0.05, 0.1) is 22.4 Å². The Kier molecular flexibility index (Phi) is 7.09. The largest absolute Gasteiger partial charge is 0.755 e. The Balaban J connectivity index is 1.35. The van der Waals surface area contributed by atoms with Crippen LogP contribution in [-0.4, -0.2) is 30.2 Å². The molecule has 3 aromatic carbocycles. The van der Waals surface area contributed by atoms with Crippen LogP contribution in [0.3, 0.4) is 0 Å². The molecule has 0 saturated heterocycles. The average Bonchev–Trinajstić information content (AvgIpc) is 2.88. The normalized spacial score (nSPS) is 12.3. The van der Waals surface area contributed by atoms with E-state index in [4.69, 9.17) is 9.97 Å². The quantitative estimate of drug-likeness (QED) is 0.292. The number of aromatic nitrogens is 2. The van der Waals surface area contributed by atoms with Crippen molar-refractivity contribution in [1.29, 1.82) is 0 Å². The number of fused-ring (bicyclic) bond motifs is 2. The highest BCUT2D eigenvalue weighted by Gasteiger charge is 2.11. The van der Waals surface area contributed by atoms with Crippen LogP contribution in [0.15, 0.2) is 97.1 Å². The van der Waals surface area contributed by atoms with Crippen molar-refractivity contribution in [3.05, 3.63) is 114 Å². The summed E-state index contributed by atoms with van der Waals surface area (Å²) in [5.74, 6) is 0. The van der Waals surface area contributed by atoms with Gasteiger partial charge in [0.1, 0.15) is 0 Å². The molecule has 0 bridgehead atoms. The van der Waals surface area contributed by atoms with Gasteiger partial charge in [0, 0.05) is 47.4 Å². The molecule has 5 aromatic rings. The van der Waals surface area contributed by atoms with E-state index < -0.39 is 11.3 Å². The zero-order valence-electron chi connectivity index (χ0n) is 19.1. The number of hydrogen-bond acceptors (Lipinski definition) is 5. The van der Waals surface area contributed by atoms with Crippen LogP contribution < -0.4 is 4.72 Å². The summed E-state index contributed by atoms with van der Waals surface area (Å²) < 4.78 is 24.1. The van der Waals surface area contributed by atoms with E-state index in [0.717, 1.165) is 51.7 Å². The van der Waals surface area contributed by atoms with Crippen LogP contribution in [0.1, 0.15) is 17.0 Å². The van der Waals surface area contributed by atoms with E-state index in [1.54, 1.807) is 12.1 Å². The van der Waals surface area contributed by atoms with Crippen LogP contribution in [-0.2, 0) is 30.8 Å². The van der Waals surface area contributed by atoms with Gasteiger partial charge < -0.3 is 9.27 Å². The number of pyridine rings is 2. The van der Waals surface area contributed by atoms with E-state index in [2.05, 4.69) is 46.0 Å². The molecule has 0 aliphatic heterocycles. The number of anilines is 1. The van der Waals surface area contributed by atoms with Crippen LogP contribution >= 0.6 is 0 Å². The maximum atomic E-state index is 10.8. The van der Waals surface area contributed by atoms with Gasteiger partial charge in [-0.2, -0.15) is 0 Å². The number of nitrogens with zero attached hydrogens (tertiary/aromatic N) is 3. The van der Waals surface area contributed by atoms with Crippen molar-refractivity contribution < 1.29 is 8.76 Å². The first-order valence-electron chi connectivity index (χ1n) is 11.5. The summed E-state index contributed by atoms with van der Waals surface area (Å²) in [4.78, 5) is 12.1. The molecular formula is C28H25N4O2S-. The average molecular weight is 482 g/mol. The van der Waals surface area contributed by atoms with E-state index in [1.165, 1.54) is 0 Å². The number of rotatable bonds is 9. The molecule has 0 spiro atoms. The summed E-state index contributed by atoms with van der Waals surface area (Å²) in [6.45, 7) is 2.21. The molecule has 0 radical (unpaired) electrons. The van der Waals surface area contributed by atoms with Gasteiger partial charge >= 0.3 is 0 Å². The molecule has 1 unspecified atom stereocenters. The monoisotopic (exact) mass is 481 g/mol. The molecule has 0 aliphatic rings. The van der Waals surface area contributed by atoms with Gasteiger partial charge in [-0.05, 0) is 48.4 Å². The molecule has 6 nitrogen and oxygen atoms in total. The first kappa shape index (κ1) is 23.1. The van der Waals surface area contributed by atoms with Gasteiger partial charge in [-0.1, -0.05) is 60.7 Å². The third-order valence-electron chi connectivity index (χ3n) is 5.96. The van der Waals surface area contributed by atoms with E-state index in [1.807, 2.05) is 48.5 Å². The van der Waals surface area contributed by atoms with Crippen LogP contribution in [0.4, 0.5) is 5.69 Å². The van der Waals surface area contributed by atoms with Gasteiger partial charge in [-0.25, -0.2) is 0 Å². The van der Waals surface area contributed by atoms with E-state index in [-0.39, 0.29) is 0 Å². The zero-order chi connectivity index (χ0) is 24.0. The summed E-state index contributed by atoms with van der Waals surface area (Å²) in [5.41, 5.74) is 5.71. The number of nitrogens with one attached hydrogen (secondary N) is 1. The molecule has 2 aromatic heterocycles. The highest BCUT2D eigenvalue weighted by Crippen LogP contribution is 2.17. The Labute approximate surface area is 207 Å². The molecule has 0 aliphatic carbocycles. The van der Waals surface area contributed by atoms with Crippen molar-refractivity contribution in [3.8, 4) is 0 Å². The maximum Gasteiger partial charge on any atom is 0.0705 e. The molecule has 0 amide bonds. The summed E-state index contributed by atoms with van der Waals surface area (Å²) >= 11 is -2.32. The van der Waals surface area contributed by atoms with Crippen molar-refractivity contribution in [1.82, 2.24) is 14.9 Å². The van der Waals surface area contributed by atoms with Crippen molar-refractivity contribution in [3.63, 3.8) is 0 Å². The van der Waals surface area contributed by atoms with E-state index >= 15 is 0 Å². The molecule has 2 heterocycles. The minimum Gasteiger partial charge on any atom is -0.755 e. The van der Waals surface area contributed by atoms with Crippen molar-refractivity contribution in [2.75, 3.05) is 11.3 Å². The topological polar surface area (TPSA) is 81.2 Å². The summed E-state index contributed by atoms with van der Waals surface area (Å²) in [6, 6.07) is 32.2. The van der Waals surface area contributed by atoms with Crippen molar-refractivity contribution in [2.24, 2.45) is 0 Å².